The molecule has 0 saturated heterocycles. The molecule has 0 saturated carbocycles. The Morgan fingerprint density at radius 1 is 1.36 bits per heavy atom. The van der Waals surface area contributed by atoms with Gasteiger partial charge in [0, 0.05) is 30.5 Å². The van der Waals surface area contributed by atoms with Gasteiger partial charge in [-0.1, -0.05) is 6.07 Å². The van der Waals surface area contributed by atoms with Gasteiger partial charge in [-0.3, -0.25) is 0 Å². The second kappa shape index (κ2) is 6.23. The molecule has 22 heavy (non-hydrogen) atoms. The number of rotatable bonds is 4. The van der Waals surface area contributed by atoms with Crippen LogP contribution in [0.15, 0.2) is 47.3 Å². The molecule has 0 fully saturated rings. The lowest BCUT2D eigenvalue weighted by molar-refractivity contribution is 0.207. The number of amides is 2. The zero-order valence-electron chi connectivity index (χ0n) is 12.7. The second-order valence-corrected chi connectivity index (χ2v) is 6.29. The minimum absolute atomic E-state index is 0.0892. The highest BCUT2D eigenvalue weighted by atomic mass is 32.1. The fourth-order valence-corrected chi connectivity index (χ4v) is 3.11. The summed E-state index contributed by atoms with van der Waals surface area (Å²) in [6.07, 6.45) is 2.76. The molecule has 0 aliphatic heterocycles. The number of likely N-dealkylation sites (N-methyl/N-ethyl adjacent to an activating group) is 1. The highest BCUT2D eigenvalue weighted by Crippen LogP contribution is 2.18. The van der Waals surface area contributed by atoms with Crippen LogP contribution in [0.4, 0.5) is 10.5 Å². The molecule has 4 nitrogen and oxygen atoms in total. The molecule has 1 atom stereocenters. The van der Waals surface area contributed by atoms with E-state index in [9.17, 15) is 4.79 Å². The molecule has 0 spiro atoms. The Hall–Kier alpha value is -2.27. The largest absolute Gasteiger partial charge is 0.361 e. The molecule has 2 aromatic heterocycles. The normalized spacial score (nSPS) is 12.3. The average molecular weight is 313 g/mol. The molecular formula is C17H19N3OS. The van der Waals surface area contributed by atoms with Crippen molar-refractivity contribution >= 4 is 34.0 Å². The van der Waals surface area contributed by atoms with Gasteiger partial charge in [0.25, 0.3) is 0 Å². The van der Waals surface area contributed by atoms with Crippen LogP contribution in [0.5, 0.6) is 0 Å². The highest BCUT2D eigenvalue weighted by Gasteiger charge is 2.16. The first-order valence-electron chi connectivity index (χ1n) is 7.25. The van der Waals surface area contributed by atoms with E-state index in [1.54, 1.807) is 16.2 Å². The summed E-state index contributed by atoms with van der Waals surface area (Å²) in [6, 6.07) is 10.0. The predicted molar refractivity (Wildman–Crippen MR) is 92.6 cm³/mol. The molecule has 0 aliphatic carbocycles. The van der Waals surface area contributed by atoms with Crippen LogP contribution in [-0.4, -0.2) is 29.0 Å². The standard InChI is InChI=1S/C17H19N3OS/c1-12(9-13-6-8-22-11-13)20(2)17(21)19-15-4-3-14-5-7-18-16(14)10-15/h3-8,10-12,18H,9H2,1-2H3,(H,19,21)/t12-/m0/s1. The van der Waals surface area contributed by atoms with E-state index in [2.05, 4.69) is 34.1 Å². The quantitative estimate of drug-likeness (QED) is 0.740. The number of hydrogen-bond acceptors (Lipinski definition) is 2. The van der Waals surface area contributed by atoms with Gasteiger partial charge in [-0.15, -0.1) is 0 Å². The van der Waals surface area contributed by atoms with E-state index in [-0.39, 0.29) is 12.1 Å². The fourth-order valence-electron chi connectivity index (χ4n) is 2.42. The van der Waals surface area contributed by atoms with Gasteiger partial charge in [-0.2, -0.15) is 11.3 Å². The van der Waals surface area contributed by atoms with E-state index < -0.39 is 0 Å². The summed E-state index contributed by atoms with van der Waals surface area (Å²) in [4.78, 5) is 17.3. The second-order valence-electron chi connectivity index (χ2n) is 5.51. The van der Waals surface area contributed by atoms with Gasteiger partial charge in [0.2, 0.25) is 0 Å². The maximum atomic E-state index is 12.4. The molecule has 0 radical (unpaired) electrons. The number of urea groups is 1. The number of hydrogen-bond donors (Lipinski definition) is 2. The predicted octanol–water partition coefficient (Wildman–Crippen LogP) is 4.32. The van der Waals surface area contributed by atoms with E-state index in [0.29, 0.717) is 0 Å². The number of carbonyl (C=O) groups is 1. The van der Waals surface area contributed by atoms with Crippen LogP contribution in [0.1, 0.15) is 12.5 Å². The first-order valence-corrected chi connectivity index (χ1v) is 8.20. The molecular weight excluding hydrogens is 294 g/mol. The van der Waals surface area contributed by atoms with Crippen LogP contribution in [0.25, 0.3) is 10.9 Å². The fraction of sp³-hybridized carbons (Fsp3) is 0.235. The van der Waals surface area contributed by atoms with Gasteiger partial charge in [-0.05, 0) is 59.3 Å². The van der Waals surface area contributed by atoms with Crippen molar-refractivity contribution in [2.45, 2.75) is 19.4 Å². The number of anilines is 1. The molecule has 3 rings (SSSR count). The number of carbonyl (C=O) groups excluding carboxylic acids is 1. The van der Waals surface area contributed by atoms with Gasteiger partial charge in [0.05, 0.1) is 0 Å². The molecule has 1 aromatic carbocycles. The summed E-state index contributed by atoms with van der Waals surface area (Å²) in [7, 11) is 1.83. The third-order valence-electron chi connectivity index (χ3n) is 3.90. The summed E-state index contributed by atoms with van der Waals surface area (Å²) < 4.78 is 0. The Labute approximate surface area is 133 Å². The topological polar surface area (TPSA) is 48.1 Å². The molecule has 114 valence electrons. The Morgan fingerprint density at radius 3 is 3.00 bits per heavy atom. The lowest BCUT2D eigenvalue weighted by atomic mass is 10.1. The highest BCUT2D eigenvalue weighted by molar-refractivity contribution is 7.07. The Balaban J connectivity index is 1.64. The summed E-state index contributed by atoms with van der Waals surface area (Å²) in [6.45, 7) is 2.06. The van der Waals surface area contributed by atoms with Gasteiger partial charge in [0.15, 0.2) is 0 Å². The SMILES string of the molecule is C[C@@H](Cc1ccsc1)N(C)C(=O)Nc1ccc2cc[nH]c2c1. The van der Waals surface area contributed by atoms with Crippen LogP contribution in [-0.2, 0) is 6.42 Å². The van der Waals surface area contributed by atoms with Gasteiger partial charge in [-0.25, -0.2) is 4.79 Å². The first-order chi connectivity index (χ1) is 10.6. The van der Waals surface area contributed by atoms with Crippen LogP contribution in [0, 0.1) is 0 Å². The van der Waals surface area contributed by atoms with Crippen molar-refractivity contribution in [1.29, 1.82) is 0 Å². The molecule has 5 heteroatoms. The van der Waals surface area contributed by atoms with Crippen molar-refractivity contribution < 1.29 is 4.79 Å². The molecule has 0 aliphatic rings. The minimum Gasteiger partial charge on any atom is -0.361 e. The number of nitrogens with zero attached hydrogens (tertiary/aromatic N) is 1. The van der Waals surface area contributed by atoms with Gasteiger partial charge < -0.3 is 15.2 Å². The molecule has 3 aromatic rings. The van der Waals surface area contributed by atoms with Crippen LogP contribution in [0.3, 0.4) is 0 Å². The van der Waals surface area contributed by atoms with E-state index in [0.717, 1.165) is 23.0 Å². The maximum Gasteiger partial charge on any atom is 0.321 e. The van der Waals surface area contributed by atoms with Crippen molar-refractivity contribution in [1.82, 2.24) is 9.88 Å². The number of thiophene rings is 1. The van der Waals surface area contributed by atoms with Crippen molar-refractivity contribution in [2.24, 2.45) is 0 Å². The third kappa shape index (κ3) is 3.14. The summed E-state index contributed by atoms with van der Waals surface area (Å²) in [5.41, 5.74) is 3.09. The van der Waals surface area contributed by atoms with Crippen LogP contribution < -0.4 is 5.32 Å². The molecule has 2 N–H and O–H groups in total. The van der Waals surface area contributed by atoms with Crippen molar-refractivity contribution in [2.75, 3.05) is 12.4 Å². The molecule has 2 heterocycles. The number of fused-ring (bicyclic) bond motifs is 1. The van der Waals surface area contributed by atoms with Gasteiger partial charge in [0.1, 0.15) is 0 Å². The third-order valence-corrected chi connectivity index (χ3v) is 4.63. The van der Waals surface area contributed by atoms with E-state index >= 15 is 0 Å². The summed E-state index contributed by atoms with van der Waals surface area (Å²) in [5.74, 6) is 0. The van der Waals surface area contributed by atoms with Crippen LogP contribution >= 0.6 is 11.3 Å². The maximum absolute atomic E-state index is 12.4. The van der Waals surface area contributed by atoms with Crippen LogP contribution in [0.2, 0.25) is 0 Å². The smallest absolute Gasteiger partial charge is 0.321 e. The first kappa shape index (κ1) is 14.7. The number of H-pyrrole nitrogens is 1. The number of aromatic nitrogens is 1. The minimum atomic E-state index is -0.0892. The van der Waals surface area contributed by atoms with Gasteiger partial charge >= 0.3 is 6.03 Å². The zero-order valence-corrected chi connectivity index (χ0v) is 13.5. The van der Waals surface area contributed by atoms with Crippen molar-refractivity contribution in [3.05, 3.63) is 52.9 Å². The Kier molecular flexibility index (Phi) is 4.15. The monoisotopic (exact) mass is 313 g/mol. The van der Waals surface area contributed by atoms with E-state index in [1.165, 1.54) is 5.56 Å². The number of aromatic amines is 1. The molecule has 2 amide bonds. The summed E-state index contributed by atoms with van der Waals surface area (Å²) in [5, 5.41) is 8.28. The lowest BCUT2D eigenvalue weighted by Crippen LogP contribution is -2.39. The summed E-state index contributed by atoms with van der Waals surface area (Å²) >= 11 is 1.68. The average Bonchev–Trinajstić information content (AvgIpc) is 3.16. The van der Waals surface area contributed by atoms with Crippen molar-refractivity contribution in [3.63, 3.8) is 0 Å². The number of benzene rings is 1. The van der Waals surface area contributed by atoms with E-state index in [4.69, 9.17) is 0 Å². The zero-order chi connectivity index (χ0) is 15.5. The molecule has 0 bridgehead atoms. The van der Waals surface area contributed by atoms with E-state index in [1.807, 2.05) is 37.5 Å². The Morgan fingerprint density at radius 2 is 2.23 bits per heavy atom. The Bertz CT molecular complexity index is 763. The lowest BCUT2D eigenvalue weighted by Gasteiger charge is -2.25. The molecule has 0 unspecified atom stereocenters. The number of nitrogens with one attached hydrogen (secondary N) is 2. The van der Waals surface area contributed by atoms with Crippen molar-refractivity contribution in [3.8, 4) is 0 Å².